The Morgan fingerprint density at radius 2 is 2.14 bits per heavy atom. The molecule has 1 atom stereocenters. The summed E-state index contributed by atoms with van der Waals surface area (Å²) in [6.45, 7) is 4.16. The third-order valence-electron chi connectivity index (χ3n) is 3.34. The molecule has 0 saturated carbocycles. The Balaban J connectivity index is 2.32. The molecule has 0 aliphatic carbocycles. The molecule has 1 aromatic carbocycles. The number of para-hydroxylation sites is 1. The second-order valence-electron chi connectivity index (χ2n) is 5.31. The molecule has 1 heterocycles. The fraction of sp³-hybridized carbons (Fsp3) is 0.400. The molecule has 0 aliphatic heterocycles. The van der Waals surface area contributed by atoms with Crippen molar-refractivity contribution in [3.05, 3.63) is 36.0 Å². The number of benzene rings is 1. The van der Waals surface area contributed by atoms with Gasteiger partial charge in [-0.1, -0.05) is 19.1 Å². The van der Waals surface area contributed by atoms with Crippen LogP contribution in [-0.2, 0) is 10.0 Å². The molecule has 5 nitrogen and oxygen atoms in total. The molecule has 2 aromatic rings. The summed E-state index contributed by atoms with van der Waals surface area (Å²) in [5.41, 5.74) is 1.46. The predicted octanol–water partition coefficient (Wildman–Crippen LogP) is 1.84. The quantitative estimate of drug-likeness (QED) is 0.853. The van der Waals surface area contributed by atoms with Gasteiger partial charge in [0.15, 0.2) is 0 Å². The Labute approximate surface area is 125 Å². The number of rotatable bonds is 6. The molecule has 2 N–H and O–H groups in total. The van der Waals surface area contributed by atoms with E-state index in [1.165, 1.54) is 0 Å². The zero-order chi connectivity index (χ0) is 15.5. The minimum absolute atomic E-state index is 0.0536. The third-order valence-corrected chi connectivity index (χ3v) is 4.80. The van der Waals surface area contributed by atoms with Crippen LogP contribution in [0, 0.1) is 12.8 Å². The number of pyridine rings is 1. The van der Waals surface area contributed by atoms with E-state index in [2.05, 4.69) is 9.71 Å². The van der Waals surface area contributed by atoms with Gasteiger partial charge in [-0.2, -0.15) is 0 Å². The number of nitrogens with zero attached hydrogens (tertiary/aromatic N) is 1. The zero-order valence-corrected chi connectivity index (χ0v) is 13.0. The maximum Gasteiger partial charge on any atom is 0.242 e. The van der Waals surface area contributed by atoms with E-state index in [0.29, 0.717) is 18.5 Å². The van der Waals surface area contributed by atoms with E-state index < -0.39 is 10.0 Å². The van der Waals surface area contributed by atoms with E-state index in [1.54, 1.807) is 18.3 Å². The van der Waals surface area contributed by atoms with Crippen LogP contribution in [0.4, 0.5) is 0 Å². The van der Waals surface area contributed by atoms with Crippen LogP contribution in [0.5, 0.6) is 0 Å². The number of fused-ring (bicyclic) bond motifs is 1. The standard InChI is InChI=1S/C15H20N2O3S/c1-11(6-7-18)10-17-21(19,20)14-5-3-4-13-8-12(2)9-16-15(13)14/h3-5,8-9,11,17-18H,6-7,10H2,1-2H3. The van der Waals surface area contributed by atoms with Crippen LogP contribution in [0.2, 0.25) is 0 Å². The van der Waals surface area contributed by atoms with Gasteiger partial charge in [-0.3, -0.25) is 4.98 Å². The van der Waals surface area contributed by atoms with E-state index in [0.717, 1.165) is 10.9 Å². The number of aryl methyl sites for hydroxylation is 1. The van der Waals surface area contributed by atoms with Gasteiger partial charge in [0.1, 0.15) is 4.90 Å². The zero-order valence-electron chi connectivity index (χ0n) is 12.2. The first kappa shape index (κ1) is 15.9. The number of sulfonamides is 1. The highest BCUT2D eigenvalue weighted by atomic mass is 32.2. The summed E-state index contributed by atoms with van der Waals surface area (Å²) >= 11 is 0. The van der Waals surface area contributed by atoms with Gasteiger partial charge >= 0.3 is 0 Å². The number of aliphatic hydroxyl groups excluding tert-OH is 1. The van der Waals surface area contributed by atoms with E-state index in [1.807, 2.05) is 26.0 Å². The van der Waals surface area contributed by atoms with Crippen LogP contribution < -0.4 is 4.72 Å². The molecule has 0 saturated heterocycles. The molecule has 0 aliphatic rings. The van der Waals surface area contributed by atoms with Crippen molar-refractivity contribution < 1.29 is 13.5 Å². The van der Waals surface area contributed by atoms with Crippen LogP contribution >= 0.6 is 0 Å². The molecule has 0 fully saturated rings. The van der Waals surface area contributed by atoms with Crippen molar-refractivity contribution in [3.8, 4) is 0 Å². The highest BCUT2D eigenvalue weighted by Gasteiger charge is 2.18. The van der Waals surface area contributed by atoms with Gasteiger partial charge < -0.3 is 5.11 Å². The topological polar surface area (TPSA) is 79.3 Å². The summed E-state index contributed by atoms with van der Waals surface area (Å²) in [6, 6.07) is 7.04. The van der Waals surface area contributed by atoms with Crippen molar-refractivity contribution in [1.82, 2.24) is 9.71 Å². The van der Waals surface area contributed by atoms with E-state index in [9.17, 15) is 8.42 Å². The van der Waals surface area contributed by atoms with Crippen LogP contribution in [0.25, 0.3) is 10.9 Å². The Hall–Kier alpha value is -1.50. The van der Waals surface area contributed by atoms with Gasteiger partial charge in [-0.25, -0.2) is 13.1 Å². The highest BCUT2D eigenvalue weighted by Crippen LogP contribution is 2.21. The average molecular weight is 308 g/mol. The fourth-order valence-corrected chi connectivity index (χ4v) is 3.45. The molecule has 1 unspecified atom stereocenters. The smallest absolute Gasteiger partial charge is 0.242 e. The first-order chi connectivity index (χ1) is 9.94. The number of hydrogen-bond acceptors (Lipinski definition) is 4. The normalized spacial score (nSPS) is 13.5. The first-order valence-corrected chi connectivity index (χ1v) is 8.38. The summed E-state index contributed by atoms with van der Waals surface area (Å²) in [5.74, 6) is 0.0787. The molecule has 0 bridgehead atoms. The second kappa shape index (κ2) is 6.51. The molecule has 6 heteroatoms. The van der Waals surface area contributed by atoms with Crippen molar-refractivity contribution in [1.29, 1.82) is 0 Å². The SMILES string of the molecule is Cc1cnc2c(S(=O)(=O)NCC(C)CCO)cccc2c1. The minimum atomic E-state index is -3.61. The van der Waals surface area contributed by atoms with Crippen LogP contribution in [-0.4, -0.2) is 31.7 Å². The number of nitrogens with one attached hydrogen (secondary N) is 1. The van der Waals surface area contributed by atoms with Gasteiger partial charge in [0.05, 0.1) is 5.52 Å². The first-order valence-electron chi connectivity index (χ1n) is 6.90. The Morgan fingerprint density at radius 1 is 1.38 bits per heavy atom. The highest BCUT2D eigenvalue weighted by molar-refractivity contribution is 7.89. The van der Waals surface area contributed by atoms with Gasteiger partial charge in [-0.15, -0.1) is 0 Å². The van der Waals surface area contributed by atoms with Gasteiger partial charge in [0.25, 0.3) is 0 Å². The summed E-state index contributed by atoms with van der Waals surface area (Å²) in [4.78, 5) is 4.44. The monoisotopic (exact) mass is 308 g/mol. The number of aromatic nitrogens is 1. The Kier molecular flexibility index (Phi) is 4.92. The lowest BCUT2D eigenvalue weighted by Gasteiger charge is -2.13. The summed E-state index contributed by atoms with van der Waals surface area (Å²) in [7, 11) is -3.61. The summed E-state index contributed by atoms with van der Waals surface area (Å²) in [5, 5.41) is 9.67. The van der Waals surface area contributed by atoms with Gasteiger partial charge in [0, 0.05) is 24.7 Å². The third kappa shape index (κ3) is 3.78. The second-order valence-corrected chi connectivity index (χ2v) is 7.05. The summed E-state index contributed by atoms with van der Waals surface area (Å²) in [6.07, 6.45) is 2.23. The minimum Gasteiger partial charge on any atom is -0.396 e. The predicted molar refractivity (Wildman–Crippen MR) is 82.5 cm³/mol. The lowest BCUT2D eigenvalue weighted by Crippen LogP contribution is -2.29. The molecule has 21 heavy (non-hydrogen) atoms. The lowest BCUT2D eigenvalue weighted by atomic mass is 10.1. The molecule has 1 aromatic heterocycles. The molecule has 2 rings (SSSR count). The molecule has 0 radical (unpaired) electrons. The van der Waals surface area contributed by atoms with Crippen LogP contribution in [0.3, 0.4) is 0 Å². The van der Waals surface area contributed by atoms with Gasteiger partial charge in [0.2, 0.25) is 10.0 Å². The van der Waals surface area contributed by atoms with Crippen molar-refractivity contribution in [2.24, 2.45) is 5.92 Å². The van der Waals surface area contributed by atoms with Crippen molar-refractivity contribution in [2.75, 3.05) is 13.2 Å². The van der Waals surface area contributed by atoms with Crippen molar-refractivity contribution in [3.63, 3.8) is 0 Å². The molecule has 0 amide bonds. The average Bonchev–Trinajstić information content (AvgIpc) is 2.44. The van der Waals surface area contributed by atoms with Gasteiger partial charge in [-0.05, 0) is 37.0 Å². The Morgan fingerprint density at radius 3 is 2.86 bits per heavy atom. The van der Waals surface area contributed by atoms with E-state index in [4.69, 9.17) is 5.11 Å². The number of hydrogen-bond donors (Lipinski definition) is 2. The largest absolute Gasteiger partial charge is 0.396 e. The fourth-order valence-electron chi connectivity index (χ4n) is 2.11. The summed E-state index contributed by atoms with van der Waals surface area (Å²) < 4.78 is 27.4. The Bertz CT molecular complexity index is 729. The molecule has 0 spiro atoms. The van der Waals surface area contributed by atoms with Crippen molar-refractivity contribution in [2.45, 2.75) is 25.2 Å². The molecule has 114 valence electrons. The maximum absolute atomic E-state index is 12.4. The molecular weight excluding hydrogens is 288 g/mol. The maximum atomic E-state index is 12.4. The van der Waals surface area contributed by atoms with E-state index >= 15 is 0 Å². The van der Waals surface area contributed by atoms with Crippen LogP contribution in [0.1, 0.15) is 18.9 Å². The van der Waals surface area contributed by atoms with E-state index in [-0.39, 0.29) is 17.4 Å². The lowest BCUT2D eigenvalue weighted by molar-refractivity contribution is 0.263. The van der Waals surface area contributed by atoms with Crippen molar-refractivity contribution >= 4 is 20.9 Å². The van der Waals surface area contributed by atoms with Crippen LogP contribution in [0.15, 0.2) is 35.4 Å². The molecular formula is C15H20N2O3S. The number of aliphatic hydroxyl groups is 1.